The Bertz CT molecular complexity index is 3620. The molecule has 272 valence electrons. The highest BCUT2D eigenvalue weighted by Crippen LogP contribution is 2.42. The van der Waals surface area contributed by atoms with Gasteiger partial charge >= 0.3 is 0 Å². The third-order valence-electron chi connectivity index (χ3n) is 10.8. The summed E-state index contributed by atoms with van der Waals surface area (Å²) in [4.78, 5) is 1.73. The van der Waals surface area contributed by atoms with E-state index in [0.717, 1.165) is 64.0 Å². The van der Waals surface area contributed by atoms with Crippen LogP contribution in [-0.2, 0) is 0 Å². The predicted molar refractivity (Wildman–Crippen MR) is 251 cm³/mol. The molecule has 0 aliphatic rings. The molecule has 0 amide bonds. The zero-order valence-corrected chi connectivity index (χ0v) is 31.9. The van der Waals surface area contributed by atoms with Crippen molar-refractivity contribution in [2.24, 2.45) is 0 Å². The third-order valence-corrected chi connectivity index (χ3v) is 12.1. The van der Waals surface area contributed by atoms with Crippen LogP contribution < -0.4 is 4.90 Å². The highest BCUT2D eigenvalue weighted by molar-refractivity contribution is 7.26. The van der Waals surface area contributed by atoms with Crippen LogP contribution in [0.1, 0.15) is 11.0 Å². The highest BCUT2D eigenvalue weighted by Gasteiger charge is 2.16. The van der Waals surface area contributed by atoms with E-state index in [2.05, 4.69) is 48.5 Å². The maximum absolute atomic E-state index is 9.98. The molecule has 10 aromatic carbocycles. The molecule has 1 heterocycles. The number of nitrogens with zero attached hydrogens (tertiary/aromatic N) is 1. The number of fused-ring (bicyclic) bond motifs is 5. The Kier molecular flexibility index (Phi) is 6.57. The van der Waals surface area contributed by atoms with Crippen molar-refractivity contribution in [2.75, 3.05) is 4.90 Å². The summed E-state index contributed by atoms with van der Waals surface area (Å²) < 4.78 is 77.1. The van der Waals surface area contributed by atoms with Gasteiger partial charge < -0.3 is 4.90 Å². The van der Waals surface area contributed by atoms with Gasteiger partial charge in [0.05, 0.1) is 11.0 Å². The monoisotopic (exact) mass is 763 g/mol. The SMILES string of the molecule is [2H]c1c([2H])c(-c2c([2H])c([2H])c([2H])c(N(c3ccc(-c4cccc5ccccc45)cc3)c3ccc(-c4cccc5ccccc45)cc3)c2[2H])c([2H])c(-c2cccc3c2sc2ccccc23)c1[2H]. The zero-order valence-electron chi connectivity index (χ0n) is 39.1. The Morgan fingerprint density at radius 1 is 0.345 bits per heavy atom. The first-order valence-corrected chi connectivity index (χ1v) is 20.0. The number of thiophene rings is 1. The molecular weight excluding hydrogens is 719 g/mol. The fraction of sp³-hybridized carbons (Fsp3) is 0. The molecule has 11 aromatic rings. The van der Waals surface area contributed by atoms with Gasteiger partial charge in [-0.15, -0.1) is 11.3 Å². The average Bonchev–Trinajstić information content (AvgIpc) is 3.74. The number of rotatable bonds is 7. The lowest BCUT2D eigenvalue weighted by Gasteiger charge is -2.26. The second-order valence-electron chi connectivity index (χ2n) is 14.2. The van der Waals surface area contributed by atoms with Gasteiger partial charge in [0.25, 0.3) is 0 Å². The molecule has 0 spiro atoms. The molecule has 0 aliphatic carbocycles. The first-order chi connectivity index (χ1) is 32.1. The maximum Gasteiger partial charge on any atom is 0.0651 e. The summed E-state index contributed by atoms with van der Waals surface area (Å²) in [6.07, 6.45) is 0. The van der Waals surface area contributed by atoms with E-state index in [1.807, 2.05) is 121 Å². The van der Waals surface area contributed by atoms with Gasteiger partial charge in [-0.05, 0) is 115 Å². The Balaban J connectivity index is 1.13. The molecule has 0 unspecified atom stereocenters. The molecular formula is C56H37NS. The average molecular weight is 764 g/mol. The molecule has 2 heteroatoms. The Labute approximate surface area is 353 Å². The van der Waals surface area contributed by atoms with Gasteiger partial charge in [0.15, 0.2) is 0 Å². The van der Waals surface area contributed by atoms with Crippen molar-refractivity contribution in [1.29, 1.82) is 0 Å². The van der Waals surface area contributed by atoms with E-state index in [9.17, 15) is 8.22 Å². The highest BCUT2D eigenvalue weighted by atomic mass is 32.1. The van der Waals surface area contributed by atoms with Crippen molar-refractivity contribution in [1.82, 2.24) is 0 Å². The smallest absolute Gasteiger partial charge is 0.0651 e. The largest absolute Gasteiger partial charge is 0.310 e. The van der Waals surface area contributed by atoms with Crippen LogP contribution in [-0.4, -0.2) is 0 Å². The first kappa shape index (κ1) is 26.6. The van der Waals surface area contributed by atoms with Gasteiger partial charge in [0.2, 0.25) is 0 Å². The predicted octanol–water partition coefficient (Wildman–Crippen LogP) is 16.5. The van der Waals surface area contributed by atoms with Crippen molar-refractivity contribution < 1.29 is 11.0 Å². The number of hydrogen-bond donors (Lipinski definition) is 0. The lowest BCUT2D eigenvalue weighted by atomic mass is 9.96. The topological polar surface area (TPSA) is 3.24 Å². The van der Waals surface area contributed by atoms with Crippen LogP contribution >= 0.6 is 11.3 Å². The van der Waals surface area contributed by atoms with Crippen molar-refractivity contribution >= 4 is 70.1 Å². The summed E-state index contributed by atoms with van der Waals surface area (Å²) in [7, 11) is 0. The van der Waals surface area contributed by atoms with E-state index in [1.165, 1.54) is 11.3 Å². The molecule has 0 radical (unpaired) electrons. The molecule has 0 fully saturated rings. The first-order valence-electron chi connectivity index (χ1n) is 23.2. The minimum absolute atomic E-state index is 0.0183. The minimum Gasteiger partial charge on any atom is -0.310 e. The van der Waals surface area contributed by atoms with E-state index >= 15 is 0 Å². The number of benzene rings is 10. The molecule has 0 saturated heterocycles. The Morgan fingerprint density at radius 2 is 0.828 bits per heavy atom. The minimum atomic E-state index is -0.503. The van der Waals surface area contributed by atoms with Crippen molar-refractivity contribution in [3.05, 3.63) is 224 Å². The van der Waals surface area contributed by atoms with Crippen molar-refractivity contribution in [3.63, 3.8) is 0 Å². The van der Waals surface area contributed by atoms with E-state index in [0.29, 0.717) is 16.9 Å². The summed E-state index contributed by atoms with van der Waals surface area (Å²) >= 11 is 1.51. The van der Waals surface area contributed by atoms with Gasteiger partial charge in [0.1, 0.15) is 0 Å². The fourth-order valence-corrected chi connectivity index (χ4v) is 9.28. The van der Waals surface area contributed by atoms with Crippen LogP contribution in [0.2, 0.25) is 0 Å². The second kappa shape index (κ2) is 14.4. The van der Waals surface area contributed by atoms with E-state index in [1.54, 1.807) is 11.0 Å². The van der Waals surface area contributed by atoms with Crippen LogP contribution in [0.15, 0.2) is 224 Å². The molecule has 58 heavy (non-hydrogen) atoms. The van der Waals surface area contributed by atoms with E-state index in [4.69, 9.17) is 2.74 Å². The molecule has 1 aromatic heterocycles. The van der Waals surface area contributed by atoms with Crippen LogP contribution in [0.4, 0.5) is 17.1 Å². The van der Waals surface area contributed by atoms with Crippen LogP contribution in [0.5, 0.6) is 0 Å². The summed E-state index contributed by atoms with van der Waals surface area (Å²) in [6, 6.07) is 54.7. The maximum atomic E-state index is 9.98. The molecule has 11 rings (SSSR count). The summed E-state index contributed by atoms with van der Waals surface area (Å²) in [5.41, 5.74) is 5.37. The van der Waals surface area contributed by atoms with Crippen molar-refractivity contribution in [2.45, 2.75) is 0 Å². The van der Waals surface area contributed by atoms with E-state index in [-0.39, 0.29) is 46.5 Å². The molecule has 0 N–H and O–H groups in total. The zero-order chi connectivity index (χ0) is 45.4. The van der Waals surface area contributed by atoms with Gasteiger partial charge in [-0.3, -0.25) is 0 Å². The number of hydrogen-bond acceptors (Lipinski definition) is 2. The molecule has 0 bridgehead atoms. The lowest BCUT2D eigenvalue weighted by molar-refractivity contribution is 1.28. The van der Waals surface area contributed by atoms with Crippen LogP contribution in [0.3, 0.4) is 0 Å². The second-order valence-corrected chi connectivity index (χ2v) is 15.3. The summed E-state index contributed by atoms with van der Waals surface area (Å²) in [5, 5.41) is 6.36. The standard InChI is InChI=1S/C56H37NS/c1-3-20-48-38(12-1)14-9-23-50(48)40-28-32-45(33-29-40)57(46-34-30-41(31-35-46)51-24-10-15-39-13-2-4-21-49(39)51)47-19-8-17-43(37-47)42-16-7-18-44(36-42)52-25-11-26-54-53-22-5-6-27-55(53)58-56(52)54/h1-37H/i7D,8D,16D,17D,18D,19D,36D,37D. The van der Waals surface area contributed by atoms with Gasteiger partial charge in [-0.1, -0.05) is 176 Å². The lowest BCUT2D eigenvalue weighted by Crippen LogP contribution is -2.10. The molecule has 1 nitrogen and oxygen atoms in total. The van der Waals surface area contributed by atoms with Gasteiger partial charge in [0, 0.05) is 37.2 Å². The fourth-order valence-electron chi connectivity index (χ4n) is 8.06. The molecule has 0 atom stereocenters. The number of anilines is 3. The van der Waals surface area contributed by atoms with Gasteiger partial charge in [-0.2, -0.15) is 0 Å². The summed E-state index contributed by atoms with van der Waals surface area (Å²) in [6.45, 7) is 0. The van der Waals surface area contributed by atoms with Crippen molar-refractivity contribution in [3.8, 4) is 44.5 Å². The third kappa shape index (κ3) is 6.03. The van der Waals surface area contributed by atoms with Gasteiger partial charge in [-0.25, -0.2) is 0 Å². The normalized spacial score (nSPS) is 13.4. The van der Waals surface area contributed by atoms with Crippen LogP contribution in [0.25, 0.3) is 86.2 Å². The summed E-state index contributed by atoms with van der Waals surface area (Å²) in [5.74, 6) is 0. The Hall–Kier alpha value is -7.26. The molecule has 0 saturated carbocycles. The quantitative estimate of drug-likeness (QED) is 0.156. The van der Waals surface area contributed by atoms with E-state index < -0.39 is 24.2 Å². The van der Waals surface area contributed by atoms with Crippen LogP contribution in [0, 0.1) is 0 Å². The Morgan fingerprint density at radius 3 is 1.48 bits per heavy atom. The molecule has 0 aliphatic heterocycles.